The van der Waals surface area contributed by atoms with Gasteiger partial charge in [0.25, 0.3) is 5.91 Å². The van der Waals surface area contributed by atoms with Crippen LogP contribution in [0.2, 0.25) is 0 Å². The van der Waals surface area contributed by atoms with E-state index in [2.05, 4.69) is 50.4 Å². The number of carbonyl (C=O) groups is 1. The van der Waals surface area contributed by atoms with Crippen LogP contribution >= 0.6 is 15.9 Å². The summed E-state index contributed by atoms with van der Waals surface area (Å²) in [6, 6.07) is 7.59. The van der Waals surface area contributed by atoms with Gasteiger partial charge in [-0.2, -0.15) is 0 Å². The molecule has 0 unspecified atom stereocenters. The predicted molar refractivity (Wildman–Crippen MR) is 96.0 cm³/mol. The maximum Gasteiger partial charge on any atom is 0.270 e. The molecule has 1 aromatic heterocycles. The van der Waals surface area contributed by atoms with Crippen LogP contribution in [0.4, 0.5) is 11.5 Å². The molecule has 2 aromatic rings. The lowest BCUT2D eigenvalue weighted by atomic mass is 10.1. The first-order valence-electron chi connectivity index (χ1n) is 7.59. The van der Waals surface area contributed by atoms with Gasteiger partial charge in [-0.1, -0.05) is 35.8 Å². The molecule has 1 aromatic carbocycles. The molecule has 0 saturated carbocycles. The molecule has 1 amide bonds. The summed E-state index contributed by atoms with van der Waals surface area (Å²) >= 11 is 3.50. The third-order valence-corrected chi connectivity index (χ3v) is 4.21. The fourth-order valence-corrected chi connectivity index (χ4v) is 2.31. The van der Waals surface area contributed by atoms with Crippen LogP contribution in [-0.4, -0.2) is 22.4 Å². The van der Waals surface area contributed by atoms with Gasteiger partial charge in [-0.15, -0.1) is 0 Å². The highest BCUT2D eigenvalue weighted by atomic mass is 79.9. The molecule has 2 N–H and O–H groups in total. The number of benzene rings is 1. The Morgan fingerprint density at radius 3 is 2.74 bits per heavy atom. The Hall–Kier alpha value is -1.95. The molecule has 2 rings (SSSR count). The summed E-state index contributed by atoms with van der Waals surface area (Å²) in [5, 5.41) is 6.05. The van der Waals surface area contributed by atoms with Crippen molar-refractivity contribution in [2.75, 3.05) is 11.9 Å². The Labute approximate surface area is 145 Å². The van der Waals surface area contributed by atoms with Crippen molar-refractivity contribution in [3.8, 4) is 0 Å². The molecule has 0 fully saturated rings. The van der Waals surface area contributed by atoms with Crippen LogP contribution < -0.4 is 10.6 Å². The van der Waals surface area contributed by atoms with Crippen LogP contribution in [0.3, 0.4) is 0 Å². The molecule has 122 valence electrons. The highest BCUT2D eigenvalue weighted by molar-refractivity contribution is 9.10. The van der Waals surface area contributed by atoms with Crippen molar-refractivity contribution in [2.24, 2.45) is 5.92 Å². The summed E-state index contributed by atoms with van der Waals surface area (Å²) in [6.45, 7) is 6.92. The Kier molecular flexibility index (Phi) is 6.10. The third-order valence-electron chi connectivity index (χ3n) is 3.35. The normalized spacial score (nSPS) is 10.7. The van der Waals surface area contributed by atoms with Crippen molar-refractivity contribution in [1.29, 1.82) is 0 Å². The zero-order chi connectivity index (χ0) is 16.8. The first kappa shape index (κ1) is 17.4. The van der Waals surface area contributed by atoms with Gasteiger partial charge in [0.05, 0.1) is 0 Å². The van der Waals surface area contributed by atoms with Gasteiger partial charge < -0.3 is 10.6 Å². The quantitative estimate of drug-likeness (QED) is 0.797. The van der Waals surface area contributed by atoms with Crippen LogP contribution in [0.5, 0.6) is 0 Å². The molecule has 1 heterocycles. The van der Waals surface area contributed by atoms with Gasteiger partial charge in [0.2, 0.25) is 0 Å². The minimum Gasteiger partial charge on any atom is -0.351 e. The van der Waals surface area contributed by atoms with Crippen LogP contribution in [0.15, 0.2) is 35.1 Å². The number of halogens is 1. The molecule has 0 radical (unpaired) electrons. The number of nitrogens with zero attached hydrogens (tertiary/aromatic N) is 2. The molecule has 0 aliphatic rings. The highest BCUT2D eigenvalue weighted by Gasteiger charge is 2.09. The predicted octanol–water partition coefficient (Wildman–Crippen LogP) is 4.07. The zero-order valence-corrected chi connectivity index (χ0v) is 15.1. The van der Waals surface area contributed by atoms with E-state index in [0.29, 0.717) is 24.0 Å². The number of hydrogen-bond acceptors (Lipinski definition) is 4. The van der Waals surface area contributed by atoms with Crippen LogP contribution in [-0.2, 0) is 0 Å². The van der Waals surface area contributed by atoms with E-state index in [4.69, 9.17) is 0 Å². The largest absolute Gasteiger partial charge is 0.351 e. The summed E-state index contributed by atoms with van der Waals surface area (Å²) in [6.07, 6.45) is 2.34. The van der Waals surface area contributed by atoms with E-state index in [1.54, 1.807) is 6.07 Å². The van der Waals surface area contributed by atoms with Gasteiger partial charge in [-0.25, -0.2) is 9.97 Å². The number of amides is 1. The van der Waals surface area contributed by atoms with Crippen molar-refractivity contribution < 1.29 is 4.79 Å². The number of carbonyl (C=O) groups excluding carboxylic acids is 1. The fraction of sp³-hybridized carbons (Fsp3) is 0.353. The van der Waals surface area contributed by atoms with Crippen molar-refractivity contribution >= 4 is 33.3 Å². The molecule has 0 spiro atoms. The van der Waals surface area contributed by atoms with E-state index in [1.165, 1.54) is 6.33 Å². The van der Waals surface area contributed by atoms with E-state index in [9.17, 15) is 4.79 Å². The number of aryl methyl sites for hydroxylation is 1. The number of rotatable bonds is 6. The topological polar surface area (TPSA) is 66.9 Å². The second kappa shape index (κ2) is 8.06. The van der Waals surface area contributed by atoms with E-state index in [-0.39, 0.29) is 5.91 Å². The summed E-state index contributed by atoms with van der Waals surface area (Å²) in [7, 11) is 0. The molecule has 0 saturated heterocycles. The van der Waals surface area contributed by atoms with Gasteiger partial charge in [0.15, 0.2) is 0 Å². The molecule has 23 heavy (non-hydrogen) atoms. The van der Waals surface area contributed by atoms with Crippen LogP contribution in [0.1, 0.15) is 36.3 Å². The Bertz CT molecular complexity index is 688. The SMILES string of the molecule is Cc1ccc(Nc2cc(C(=O)NCCC(C)C)ncn2)cc1Br. The minimum absolute atomic E-state index is 0.179. The second-order valence-electron chi connectivity index (χ2n) is 5.82. The maximum absolute atomic E-state index is 12.1. The van der Waals surface area contributed by atoms with E-state index >= 15 is 0 Å². The number of aromatic nitrogens is 2. The minimum atomic E-state index is -0.179. The fourth-order valence-electron chi connectivity index (χ4n) is 1.93. The Balaban J connectivity index is 2.04. The lowest BCUT2D eigenvalue weighted by Crippen LogP contribution is -2.26. The summed E-state index contributed by atoms with van der Waals surface area (Å²) in [5.74, 6) is 0.962. The van der Waals surface area contributed by atoms with Crippen LogP contribution in [0, 0.1) is 12.8 Å². The van der Waals surface area contributed by atoms with Crippen molar-refractivity contribution in [3.05, 3.63) is 46.3 Å². The molecule has 5 nitrogen and oxygen atoms in total. The first-order valence-corrected chi connectivity index (χ1v) is 8.38. The van der Waals surface area contributed by atoms with Crippen molar-refractivity contribution in [3.63, 3.8) is 0 Å². The Morgan fingerprint density at radius 2 is 2.04 bits per heavy atom. The molecule has 0 atom stereocenters. The molecular weight excluding hydrogens is 356 g/mol. The van der Waals surface area contributed by atoms with Gasteiger partial charge in [-0.3, -0.25) is 4.79 Å². The van der Waals surface area contributed by atoms with E-state index < -0.39 is 0 Å². The van der Waals surface area contributed by atoms with Gasteiger partial charge in [0.1, 0.15) is 17.8 Å². The summed E-state index contributed by atoms with van der Waals surface area (Å²) in [4.78, 5) is 20.3. The number of nitrogens with one attached hydrogen (secondary N) is 2. The third kappa shape index (κ3) is 5.32. The van der Waals surface area contributed by atoms with Gasteiger partial charge in [-0.05, 0) is 37.0 Å². The van der Waals surface area contributed by atoms with Gasteiger partial charge >= 0.3 is 0 Å². The lowest BCUT2D eigenvalue weighted by molar-refractivity contribution is 0.0947. The smallest absolute Gasteiger partial charge is 0.270 e. The highest BCUT2D eigenvalue weighted by Crippen LogP contribution is 2.22. The standard InChI is InChI=1S/C17H21BrN4O/c1-11(2)6-7-19-17(23)15-9-16(21-10-20-15)22-13-5-4-12(3)14(18)8-13/h4-5,8-11H,6-7H2,1-3H3,(H,19,23)(H,20,21,22). The van der Waals surface area contributed by atoms with E-state index in [0.717, 1.165) is 22.1 Å². The summed E-state index contributed by atoms with van der Waals surface area (Å²) < 4.78 is 1.02. The van der Waals surface area contributed by atoms with Crippen LogP contribution in [0.25, 0.3) is 0 Å². The monoisotopic (exact) mass is 376 g/mol. The second-order valence-corrected chi connectivity index (χ2v) is 6.67. The van der Waals surface area contributed by atoms with Crippen molar-refractivity contribution in [1.82, 2.24) is 15.3 Å². The van der Waals surface area contributed by atoms with Gasteiger partial charge in [0, 0.05) is 22.8 Å². The molecule has 0 bridgehead atoms. The summed E-state index contributed by atoms with van der Waals surface area (Å²) in [5.41, 5.74) is 2.41. The van der Waals surface area contributed by atoms with E-state index in [1.807, 2.05) is 25.1 Å². The van der Waals surface area contributed by atoms with Crippen molar-refractivity contribution in [2.45, 2.75) is 27.2 Å². The molecule has 0 aliphatic carbocycles. The Morgan fingerprint density at radius 1 is 1.26 bits per heavy atom. The first-order chi connectivity index (χ1) is 11.0. The average molecular weight is 377 g/mol. The zero-order valence-electron chi connectivity index (χ0n) is 13.6. The number of hydrogen-bond donors (Lipinski definition) is 2. The number of anilines is 2. The maximum atomic E-state index is 12.1. The average Bonchev–Trinajstić information content (AvgIpc) is 2.51. The molecule has 0 aliphatic heterocycles. The molecular formula is C17H21BrN4O. The lowest BCUT2D eigenvalue weighted by Gasteiger charge is -2.09. The molecule has 6 heteroatoms.